The van der Waals surface area contributed by atoms with Crippen molar-refractivity contribution in [1.82, 2.24) is 0 Å². The summed E-state index contributed by atoms with van der Waals surface area (Å²) in [5.74, 6) is 0. The van der Waals surface area contributed by atoms with Crippen molar-refractivity contribution < 1.29 is 19.5 Å². The van der Waals surface area contributed by atoms with E-state index >= 15 is 0 Å². The Morgan fingerprint density at radius 3 is 1.18 bits per heavy atom. The third kappa shape index (κ3) is 1140. The van der Waals surface area contributed by atoms with Gasteiger partial charge in [0.2, 0.25) is 0 Å². The molecule has 0 aromatic carbocycles. The molecule has 0 unspecified atom stereocenters. The van der Waals surface area contributed by atoms with Crippen LogP contribution in [0.1, 0.15) is 13.8 Å². The van der Waals surface area contributed by atoms with Crippen molar-refractivity contribution in [2.45, 2.75) is 13.8 Å². The molecule has 0 aliphatic carbocycles. The molecule has 0 amide bonds. The van der Waals surface area contributed by atoms with Crippen molar-refractivity contribution in [3.05, 3.63) is 28.7 Å². The maximum Gasteiger partial charge on any atom is 0.128 e. The molecule has 0 rings (SSSR count). The first-order valence-corrected chi connectivity index (χ1v) is 2.99. The van der Waals surface area contributed by atoms with Crippen molar-refractivity contribution in [3.8, 4) is 0 Å². The third-order valence-electron chi connectivity index (χ3n) is 0. The van der Waals surface area contributed by atoms with Crippen LogP contribution in [0.2, 0.25) is 0 Å². The fraction of sp³-hybridized carbons (Fsp3) is 0.286. The Labute approximate surface area is 96.7 Å². The fourth-order valence-corrected chi connectivity index (χ4v) is 0. The third-order valence-corrected chi connectivity index (χ3v) is 0. The molecule has 1 nitrogen and oxygen atoms in total. The minimum atomic E-state index is 0. The van der Waals surface area contributed by atoms with E-state index in [1.54, 1.807) is 13.8 Å². The fourth-order valence-electron chi connectivity index (χ4n) is 0. The van der Waals surface area contributed by atoms with Crippen molar-refractivity contribution in [2.75, 3.05) is 0 Å². The summed E-state index contributed by atoms with van der Waals surface area (Å²) in [5.41, 5.74) is 4.71. The molecule has 0 aromatic rings. The average molecular weight is 247 g/mol. The van der Waals surface area contributed by atoms with Gasteiger partial charge < -0.3 is 34.4 Å². The number of thiocarbonyl (C=S) groups is 1. The molecular formula is C7H19NS2Zn-4. The topological polar surface area (TPSA) is 26.0 Å². The van der Waals surface area contributed by atoms with Gasteiger partial charge in [-0.2, -0.15) is 13.8 Å². The number of hydrogen-bond donors (Lipinski definition) is 2. The van der Waals surface area contributed by atoms with Crippen LogP contribution in [-0.4, -0.2) is 4.32 Å². The largest absolute Gasteiger partial charge is 0.385 e. The van der Waals surface area contributed by atoms with Gasteiger partial charge in [0, 0.05) is 19.5 Å². The molecule has 0 saturated carbocycles. The Hall–Kier alpha value is 0.863. The smallest absolute Gasteiger partial charge is 0.128 e. The summed E-state index contributed by atoms with van der Waals surface area (Å²) in [5, 5.41) is 0. The van der Waals surface area contributed by atoms with Gasteiger partial charge in [-0.1, -0.05) is 12.2 Å². The zero-order valence-electron chi connectivity index (χ0n) is 8.05. The molecule has 2 N–H and O–H groups in total. The van der Waals surface area contributed by atoms with Gasteiger partial charge in [0.15, 0.2) is 0 Å². The Morgan fingerprint density at radius 2 is 1.18 bits per heavy atom. The molecule has 0 aromatic heterocycles. The summed E-state index contributed by atoms with van der Waals surface area (Å²) >= 11 is 7.65. The van der Waals surface area contributed by atoms with E-state index in [9.17, 15) is 0 Å². The van der Waals surface area contributed by atoms with E-state index in [1.807, 2.05) is 0 Å². The van der Waals surface area contributed by atoms with Crippen LogP contribution in [0, 0.1) is 28.7 Å². The predicted octanol–water partition coefficient (Wildman–Crippen LogP) is 2.74. The minimum Gasteiger partial charge on any atom is -0.385 e. The van der Waals surface area contributed by atoms with Crippen LogP contribution in [0.4, 0.5) is 0 Å². The monoisotopic (exact) mass is 245 g/mol. The Bertz CT molecular complexity index is 39.4. The first-order valence-electron chi connectivity index (χ1n) is 2.13. The zero-order valence-corrected chi connectivity index (χ0v) is 12.7. The summed E-state index contributed by atoms with van der Waals surface area (Å²) in [7, 11) is 0. The molecular weight excluding hydrogens is 228 g/mol. The maximum absolute atomic E-state index is 4.71. The molecule has 0 saturated heterocycles. The van der Waals surface area contributed by atoms with Gasteiger partial charge in [0.1, 0.15) is 4.32 Å². The normalized spacial score (nSPS) is 3.36. The van der Waals surface area contributed by atoms with Gasteiger partial charge in [-0.05, 0) is 0 Å². The first kappa shape index (κ1) is 40.7. The van der Waals surface area contributed by atoms with Gasteiger partial charge >= 0.3 is 0 Å². The molecule has 0 radical (unpaired) electrons. The Morgan fingerprint density at radius 1 is 1.18 bits per heavy atom. The van der Waals surface area contributed by atoms with Crippen LogP contribution in [0.3, 0.4) is 0 Å². The van der Waals surface area contributed by atoms with Crippen LogP contribution < -0.4 is 5.73 Å². The Kier molecular flexibility index (Phi) is 262. The predicted molar refractivity (Wildman–Crippen MR) is 60.7 cm³/mol. The zero-order chi connectivity index (χ0) is 7.58. The van der Waals surface area contributed by atoms with Gasteiger partial charge in [0.25, 0.3) is 0 Å². The van der Waals surface area contributed by atoms with Crippen LogP contribution >= 0.6 is 24.8 Å². The quantitative estimate of drug-likeness (QED) is 0.298. The second-order valence-corrected chi connectivity index (χ2v) is 1.56. The van der Waals surface area contributed by atoms with E-state index in [-0.39, 0.29) is 38.7 Å². The van der Waals surface area contributed by atoms with Gasteiger partial charge in [0.05, 0.1) is 0 Å². The number of nitrogens with two attached hydrogens (primary N) is 1. The second-order valence-electron chi connectivity index (χ2n) is 0.338. The molecule has 0 bridgehead atoms. The summed E-state index contributed by atoms with van der Waals surface area (Å²) in [6.07, 6.45) is 0. The molecule has 11 heavy (non-hydrogen) atoms. The number of hydrogen-bond acceptors (Lipinski definition) is 1. The second kappa shape index (κ2) is 70.8. The van der Waals surface area contributed by atoms with Crippen molar-refractivity contribution in [2.24, 2.45) is 5.73 Å². The van der Waals surface area contributed by atoms with Crippen LogP contribution in [0.5, 0.6) is 0 Å². The molecule has 0 aliphatic heterocycles. The molecule has 0 spiro atoms. The number of rotatable bonds is 0. The van der Waals surface area contributed by atoms with Gasteiger partial charge in [-0.3, -0.25) is 0 Å². The molecule has 0 heterocycles. The van der Waals surface area contributed by atoms with E-state index in [2.05, 4.69) is 38.7 Å². The first-order chi connectivity index (χ1) is 3.73. The van der Waals surface area contributed by atoms with Gasteiger partial charge in [-0.25, -0.2) is 0 Å². The number of thiol groups is 1. The van der Waals surface area contributed by atoms with E-state index in [1.165, 1.54) is 0 Å². The summed E-state index contributed by atoms with van der Waals surface area (Å²) in [4.78, 5) is 0. The van der Waals surface area contributed by atoms with Crippen molar-refractivity contribution >= 4 is 29.2 Å². The van der Waals surface area contributed by atoms with E-state index in [0.717, 1.165) is 0 Å². The molecule has 70 valence electrons. The van der Waals surface area contributed by atoms with Crippen LogP contribution in [0.25, 0.3) is 0 Å². The van der Waals surface area contributed by atoms with E-state index in [4.69, 9.17) is 5.73 Å². The van der Waals surface area contributed by atoms with Crippen molar-refractivity contribution in [3.63, 3.8) is 0 Å². The molecule has 0 atom stereocenters. The summed E-state index contributed by atoms with van der Waals surface area (Å²) in [6, 6.07) is 0. The van der Waals surface area contributed by atoms with Crippen LogP contribution in [0.15, 0.2) is 0 Å². The minimum absolute atomic E-state index is 0. The SMILES string of the molecule is NC(=S)S.[CH2-]C.[CH2-]C.[CH3-].[CH3-].[Zn]. The van der Waals surface area contributed by atoms with E-state index in [0.29, 0.717) is 0 Å². The molecule has 0 aliphatic rings. The van der Waals surface area contributed by atoms with E-state index < -0.39 is 0 Å². The maximum atomic E-state index is 4.71. The van der Waals surface area contributed by atoms with Gasteiger partial charge in [-0.15, -0.1) is 12.6 Å². The molecule has 0 fully saturated rings. The molecule has 4 heteroatoms. The standard InChI is InChI=1S/2C2H5.CH3NS2.2CH3.Zn/c2*1-2;2-1(3)4;;;/h2*1H2,2H3;(H3,2,3,4);2*1H3;/q2*-1;;2*-1;. The Balaban J connectivity index is -0.00000000813. The summed E-state index contributed by atoms with van der Waals surface area (Å²) < 4.78 is 0.194. The average Bonchev–Trinajstić information content (AvgIpc) is 1.75. The van der Waals surface area contributed by atoms with Crippen molar-refractivity contribution in [1.29, 1.82) is 0 Å². The van der Waals surface area contributed by atoms with Crippen LogP contribution in [-0.2, 0) is 19.5 Å². The summed E-state index contributed by atoms with van der Waals surface area (Å²) in [6.45, 7) is 10.0.